The van der Waals surface area contributed by atoms with E-state index < -0.39 is 35.5 Å². The number of para-hydroxylation sites is 1. The van der Waals surface area contributed by atoms with Gasteiger partial charge in [0, 0.05) is 12.5 Å². The van der Waals surface area contributed by atoms with E-state index in [0.717, 1.165) is 36.2 Å². The number of rotatable bonds is 3. The van der Waals surface area contributed by atoms with Crippen molar-refractivity contribution in [2.45, 2.75) is 31.9 Å². The van der Waals surface area contributed by atoms with Crippen molar-refractivity contribution in [2.75, 3.05) is 18.1 Å². The quantitative estimate of drug-likeness (QED) is 0.567. The first kappa shape index (κ1) is 19.5. The Morgan fingerprint density at radius 2 is 1.97 bits per heavy atom. The standard InChI is InChI=1S/C22H20F3NO3/c1-2-29-21(28)18-17(14-7-3-9-15(12-14)22(23,24)25)16-10-4-6-13-8-5-11-26(19(13)16)20(18)27/h3-4,6-7,9-10,12,17-18H,2,5,8,11H2,1H3. The van der Waals surface area contributed by atoms with Crippen LogP contribution in [0.1, 0.15) is 41.5 Å². The van der Waals surface area contributed by atoms with Gasteiger partial charge >= 0.3 is 12.1 Å². The van der Waals surface area contributed by atoms with Crippen LogP contribution in [0.2, 0.25) is 0 Å². The molecule has 7 heteroatoms. The van der Waals surface area contributed by atoms with E-state index in [9.17, 15) is 22.8 Å². The number of hydrogen-bond donors (Lipinski definition) is 0. The lowest BCUT2D eigenvalue weighted by molar-refractivity contribution is -0.152. The first-order valence-corrected chi connectivity index (χ1v) is 9.60. The zero-order valence-electron chi connectivity index (χ0n) is 15.8. The molecule has 0 aliphatic carbocycles. The van der Waals surface area contributed by atoms with Gasteiger partial charge in [0.1, 0.15) is 5.92 Å². The second kappa shape index (κ2) is 7.21. The van der Waals surface area contributed by atoms with Crippen LogP contribution in [0.4, 0.5) is 18.9 Å². The monoisotopic (exact) mass is 403 g/mol. The van der Waals surface area contributed by atoms with Gasteiger partial charge in [0.05, 0.1) is 17.9 Å². The number of aryl methyl sites for hydroxylation is 1. The molecule has 2 aliphatic rings. The maximum atomic E-state index is 13.3. The average molecular weight is 403 g/mol. The number of esters is 1. The molecule has 0 fully saturated rings. The van der Waals surface area contributed by atoms with Crippen molar-refractivity contribution < 1.29 is 27.5 Å². The van der Waals surface area contributed by atoms with Crippen molar-refractivity contribution in [3.05, 3.63) is 64.7 Å². The largest absolute Gasteiger partial charge is 0.465 e. The van der Waals surface area contributed by atoms with Crippen molar-refractivity contribution in [3.63, 3.8) is 0 Å². The molecule has 1 amide bonds. The number of hydrogen-bond acceptors (Lipinski definition) is 3. The van der Waals surface area contributed by atoms with E-state index in [-0.39, 0.29) is 12.2 Å². The summed E-state index contributed by atoms with van der Waals surface area (Å²) in [6, 6.07) is 10.4. The van der Waals surface area contributed by atoms with Crippen LogP contribution < -0.4 is 4.90 Å². The Kier molecular flexibility index (Phi) is 4.84. The van der Waals surface area contributed by atoms with Crippen molar-refractivity contribution in [3.8, 4) is 0 Å². The normalized spacial score (nSPS) is 21.0. The number of carbonyl (C=O) groups is 2. The van der Waals surface area contributed by atoms with E-state index in [1.54, 1.807) is 17.9 Å². The van der Waals surface area contributed by atoms with Gasteiger partial charge in [0.15, 0.2) is 0 Å². The Hall–Kier alpha value is -2.83. The van der Waals surface area contributed by atoms with Crippen LogP contribution in [0, 0.1) is 5.92 Å². The Bertz CT molecular complexity index is 970. The number of anilines is 1. The number of amides is 1. The van der Waals surface area contributed by atoms with Crippen LogP contribution in [-0.4, -0.2) is 25.0 Å². The molecular weight excluding hydrogens is 383 g/mol. The summed E-state index contributed by atoms with van der Waals surface area (Å²) in [5.74, 6) is -3.15. The van der Waals surface area contributed by atoms with Gasteiger partial charge < -0.3 is 9.64 Å². The van der Waals surface area contributed by atoms with Crippen LogP contribution in [0.25, 0.3) is 0 Å². The second-order valence-electron chi connectivity index (χ2n) is 7.28. The molecule has 4 rings (SSSR count). The van der Waals surface area contributed by atoms with Crippen molar-refractivity contribution in [1.82, 2.24) is 0 Å². The van der Waals surface area contributed by atoms with Gasteiger partial charge in [-0.15, -0.1) is 0 Å². The Morgan fingerprint density at radius 3 is 2.69 bits per heavy atom. The third-order valence-corrected chi connectivity index (χ3v) is 5.56. The zero-order valence-corrected chi connectivity index (χ0v) is 15.8. The van der Waals surface area contributed by atoms with E-state index in [1.165, 1.54) is 12.1 Å². The van der Waals surface area contributed by atoms with Crippen molar-refractivity contribution >= 4 is 17.6 Å². The van der Waals surface area contributed by atoms with E-state index in [4.69, 9.17) is 4.74 Å². The van der Waals surface area contributed by atoms with Gasteiger partial charge in [0.2, 0.25) is 5.91 Å². The molecule has 2 unspecified atom stereocenters. The van der Waals surface area contributed by atoms with Crippen LogP contribution >= 0.6 is 0 Å². The Balaban J connectivity index is 1.93. The molecule has 2 heterocycles. The number of ether oxygens (including phenoxy) is 1. The number of halogens is 3. The molecule has 4 nitrogen and oxygen atoms in total. The Labute approximate surface area is 166 Å². The average Bonchev–Trinajstić information content (AvgIpc) is 2.70. The van der Waals surface area contributed by atoms with Crippen LogP contribution in [0.5, 0.6) is 0 Å². The molecule has 2 aromatic rings. The molecule has 0 saturated heterocycles. The summed E-state index contributed by atoms with van der Waals surface area (Å²) >= 11 is 0. The molecule has 0 N–H and O–H groups in total. The van der Waals surface area contributed by atoms with Gasteiger partial charge in [-0.1, -0.05) is 36.4 Å². The van der Waals surface area contributed by atoms with Gasteiger partial charge in [-0.2, -0.15) is 13.2 Å². The number of alkyl halides is 3. The molecule has 2 aromatic carbocycles. The summed E-state index contributed by atoms with van der Waals surface area (Å²) in [5, 5.41) is 0. The van der Waals surface area contributed by atoms with Crippen molar-refractivity contribution in [2.24, 2.45) is 5.92 Å². The molecule has 0 aromatic heterocycles. The lowest BCUT2D eigenvalue weighted by Crippen LogP contribution is -2.49. The highest BCUT2D eigenvalue weighted by Gasteiger charge is 2.47. The van der Waals surface area contributed by atoms with Gasteiger partial charge in [-0.3, -0.25) is 9.59 Å². The van der Waals surface area contributed by atoms with Crippen LogP contribution in [0.3, 0.4) is 0 Å². The maximum Gasteiger partial charge on any atom is 0.416 e. The van der Waals surface area contributed by atoms with E-state index in [0.29, 0.717) is 12.1 Å². The fourth-order valence-corrected chi connectivity index (χ4v) is 4.39. The topological polar surface area (TPSA) is 46.6 Å². The van der Waals surface area contributed by atoms with Crippen LogP contribution in [0.15, 0.2) is 42.5 Å². The molecule has 0 radical (unpaired) electrons. The maximum absolute atomic E-state index is 13.3. The molecule has 0 spiro atoms. The van der Waals surface area contributed by atoms with Gasteiger partial charge in [-0.25, -0.2) is 0 Å². The molecule has 152 valence electrons. The molecule has 0 saturated carbocycles. The second-order valence-corrected chi connectivity index (χ2v) is 7.28. The summed E-state index contributed by atoms with van der Waals surface area (Å²) < 4.78 is 45.1. The van der Waals surface area contributed by atoms with Gasteiger partial charge in [-0.05, 0) is 42.5 Å². The molecule has 2 aliphatic heterocycles. The smallest absolute Gasteiger partial charge is 0.416 e. The summed E-state index contributed by atoms with van der Waals surface area (Å²) in [6.45, 7) is 2.20. The SMILES string of the molecule is CCOC(=O)C1C(=O)N2CCCc3cccc(c32)C1c1cccc(C(F)(F)F)c1. The summed E-state index contributed by atoms with van der Waals surface area (Å²) in [7, 11) is 0. The summed E-state index contributed by atoms with van der Waals surface area (Å²) in [6.07, 6.45) is -2.96. The minimum Gasteiger partial charge on any atom is -0.465 e. The highest BCUT2D eigenvalue weighted by atomic mass is 19.4. The zero-order chi connectivity index (χ0) is 20.8. The summed E-state index contributed by atoms with van der Waals surface area (Å²) in [4.78, 5) is 27.6. The van der Waals surface area contributed by atoms with Crippen LogP contribution in [-0.2, 0) is 26.9 Å². The number of nitrogens with zero attached hydrogens (tertiary/aromatic N) is 1. The Morgan fingerprint density at radius 1 is 1.21 bits per heavy atom. The van der Waals surface area contributed by atoms with Gasteiger partial charge in [0.25, 0.3) is 0 Å². The third kappa shape index (κ3) is 3.28. The van der Waals surface area contributed by atoms with E-state index in [1.807, 2.05) is 12.1 Å². The molecule has 29 heavy (non-hydrogen) atoms. The third-order valence-electron chi connectivity index (χ3n) is 5.56. The molecule has 2 atom stereocenters. The minimum atomic E-state index is -4.52. The van der Waals surface area contributed by atoms with Crippen molar-refractivity contribution in [1.29, 1.82) is 0 Å². The fourth-order valence-electron chi connectivity index (χ4n) is 4.39. The predicted octanol–water partition coefficient (Wildman–Crippen LogP) is 4.31. The molecule has 0 bridgehead atoms. The lowest BCUT2D eigenvalue weighted by Gasteiger charge is -2.42. The number of benzene rings is 2. The minimum absolute atomic E-state index is 0.0881. The summed E-state index contributed by atoms with van der Waals surface area (Å²) in [5.41, 5.74) is 1.87. The molecular formula is C22H20F3NO3. The van der Waals surface area contributed by atoms with E-state index in [2.05, 4.69) is 0 Å². The highest BCUT2D eigenvalue weighted by Crippen LogP contribution is 2.47. The lowest BCUT2D eigenvalue weighted by atomic mass is 9.74. The highest BCUT2D eigenvalue weighted by molar-refractivity contribution is 6.10. The number of carbonyl (C=O) groups excluding carboxylic acids is 2. The predicted molar refractivity (Wildman–Crippen MR) is 101 cm³/mol. The fraction of sp³-hybridized carbons (Fsp3) is 0.364. The first-order valence-electron chi connectivity index (χ1n) is 9.60. The first-order chi connectivity index (χ1) is 13.8. The van der Waals surface area contributed by atoms with E-state index >= 15 is 0 Å².